The van der Waals surface area contributed by atoms with E-state index in [4.69, 9.17) is 10.5 Å². The van der Waals surface area contributed by atoms with E-state index in [0.717, 1.165) is 12.8 Å². The van der Waals surface area contributed by atoms with Crippen molar-refractivity contribution in [2.24, 2.45) is 5.73 Å². The van der Waals surface area contributed by atoms with Gasteiger partial charge in [-0.05, 0) is 40.5 Å². The van der Waals surface area contributed by atoms with Crippen molar-refractivity contribution in [2.45, 2.75) is 52.2 Å². The summed E-state index contributed by atoms with van der Waals surface area (Å²) >= 11 is 0. The summed E-state index contributed by atoms with van der Waals surface area (Å²) in [5.41, 5.74) is 4.79. The Morgan fingerprint density at radius 1 is 1.32 bits per heavy atom. The van der Waals surface area contributed by atoms with E-state index in [1.165, 1.54) is 0 Å². The summed E-state index contributed by atoms with van der Waals surface area (Å²) in [6.45, 7) is 10.9. The molecule has 22 heavy (non-hydrogen) atoms. The summed E-state index contributed by atoms with van der Waals surface area (Å²) in [5.74, 6) is 0. The van der Waals surface area contributed by atoms with Crippen molar-refractivity contribution in [2.75, 3.05) is 32.7 Å². The first-order chi connectivity index (χ1) is 10.2. The first-order valence-electron chi connectivity index (χ1n) is 7.98. The smallest absolute Gasteiger partial charge is 0.410 e. The Hall–Kier alpha value is -1.50. The number of carbonyl (C=O) groups excluding carboxylic acids is 2. The Bertz CT molecular complexity index is 373. The Morgan fingerprint density at radius 2 is 1.91 bits per heavy atom. The van der Waals surface area contributed by atoms with Gasteiger partial charge in [-0.1, -0.05) is 0 Å². The van der Waals surface area contributed by atoms with Crippen molar-refractivity contribution in [3.05, 3.63) is 0 Å². The Balaban J connectivity index is 2.27. The topological polar surface area (TPSA) is 87.9 Å². The molecule has 0 bridgehead atoms. The van der Waals surface area contributed by atoms with E-state index in [-0.39, 0.29) is 12.1 Å². The van der Waals surface area contributed by atoms with Crippen molar-refractivity contribution in [3.63, 3.8) is 0 Å². The molecule has 0 radical (unpaired) electrons. The van der Waals surface area contributed by atoms with Gasteiger partial charge in [-0.15, -0.1) is 0 Å². The van der Waals surface area contributed by atoms with Crippen LogP contribution in [0.4, 0.5) is 9.59 Å². The van der Waals surface area contributed by atoms with E-state index in [1.807, 2.05) is 27.7 Å². The number of nitrogens with two attached hydrogens (primary N) is 1. The van der Waals surface area contributed by atoms with Crippen LogP contribution in [-0.4, -0.2) is 66.3 Å². The quantitative estimate of drug-likeness (QED) is 0.802. The fraction of sp³-hybridized carbons (Fsp3) is 0.867. The van der Waals surface area contributed by atoms with Gasteiger partial charge in [-0.2, -0.15) is 0 Å². The highest BCUT2D eigenvalue weighted by Gasteiger charge is 2.23. The molecule has 3 N–H and O–H groups in total. The van der Waals surface area contributed by atoms with Gasteiger partial charge in [-0.3, -0.25) is 0 Å². The van der Waals surface area contributed by atoms with Crippen LogP contribution < -0.4 is 11.1 Å². The van der Waals surface area contributed by atoms with Gasteiger partial charge in [0.15, 0.2) is 0 Å². The van der Waals surface area contributed by atoms with E-state index in [2.05, 4.69) is 5.32 Å². The maximum atomic E-state index is 12.0. The lowest BCUT2D eigenvalue weighted by molar-refractivity contribution is 0.0260. The number of hydrogen-bond acceptors (Lipinski definition) is 4. The zero-order chi connectivity index (χ0) is 16.8. The number of nitrogens with zero attached hydrogens (tertiary/aromatic N) is 2. The largest absolute Gasteiger partial charge is 0.444 e. The van der Waals surface area contributed by atoms with Gasteiger partial charge in [0.1, 0.15) is 5.60 Å². The van der Waals surface area contributed by atoms with Crippen LogP contribution in [0.3, 0.4) is 0 Å². The highest BCUT2D eigenvalue weighted by Crippen LogP contribution is 2.11. The Morgan fingerprint density at radius 3 is 2.36 bits per heavy atom. The third-order valence-electron chi connectivity index (χ3n) is 3.65. The standard InChI is InChI=1S/C15H30N4O3/c1-5-18(14(21)22-15(2,3)4)11-8-17-12-6-9-19(10-7-12)13(16)20/h12,17H,5-11H2,1-4H3,(H2,16,20). The molecule has 1 aliphatic heterocycles. The average molecular weight is 314 g/mol. The first-order valence-corrected chi connectivity index (χ1v) is 7.98. The van der Waals surface area contributed by atoms with E-state index in [1.54, 1.807) is 9.80 Å². The van der Waals surface area contributed by atoms with Crippen LogP contribution in [0.5, 0.6) is 0 Å². The van der Waals surface area contributed by atoms with Gasteiger partial charge in [0.25, 0.3) is 0 Å². The summed E-state index contributed by atoms with van der Waals surface area (Å²) < 4.78 is 5.37. The van der Waals surface area contributed by atoms with Crippen LogP contribution in [0.25, 0.3) is 0 Å². The number of rotatable bonds is 5. The summed E-state index contributed by atoms with van der Waals surface area (Å²) in [6, 6.07) is 0.0217. The van der Waals surface area contributed by atoms with Gasteiger partial charge >= 0.3 is 12.1 Å². The number of piperidine rings is 1. The third kappa shape index (κ3) is 6.51. The molecular weight excluding hydrogens is 284 g/mol. The molecule has 0 saturated carbocycles. The van der Waals surface area contributed by atoms with Crippen LogP contribution in [-0.2, 0) is 4.74 Å². The molecule has 1 aliphatic rings. The minimum absolute atomic E-state index is 0.277. The minimum atomic E-state index is -0.473. The highest BCUT2D eigenvalue weighted by atomic mass is 16.6. The second-order valence-corrected chi connectivity index (χ2v) is 6.61. The predicted molar refractivity (Wildman–Crippen MR) is 85.7 cm³/mol. The first kappa shape index (κ1) is 18.5. The molecule has 0 aromatic rings. The van der Waals surface area contributed by atoms with Crippen molar-refractivity contribution >= 4 is 12.1 Å². The SMILES string of the molecule is CCN(CCNC1CCN(C(N)=O)CC1)C(=O)OC(C)(C)C. The third-order valence-corrected chi connectivity index (χ3v) is 3.65. The zero-order valence-corrected chi connectivity index (χ0v) is 14.2. The minimum Gasteiger partial charge on any atom is -0.444 e. The molecule has 128 valence electrons. The number of urea groups is 1. The van der Waals surface area contributed by atoms with E-state index >= 15 is 0 Å². The van der Waals surface area contributed by atoms with Crippen molar-refractivity contribution in [3.8, 4) is 0 Å². The molecule has 3 amide bonds. The maximum Gasteiger partial charge on any atom is 0.410 e. The molecule has 0 atom stereocenters. The maximum absolute atomic E-state index is 12.0. The molecule has 7 heteroatoms. The summed E-state index contributed by atoms with van der Waals surface area (Å²) in [4.78, 5) is 26.4. The molecule has 0 spiro atoms. The van der Waals surface area contributed by atoms with Crippen LogP contribution in [0.2, 0.25) is 0 Å². The summed E-state index contributed by atoms with van der Waals surface area (Å²) in [7, 11) is 0. The molecule has 0 unspecified atom stereocenters. The number of likely N-dealkylation sites (N-methyl/N-ethyl adjacent to an activating group) is 1. The lowest BCUT2D eigenvalue weighted by Gasteiger charge is -2.32. The number of carbonyl (C=O) groups is 2. The van der Waals surface area contributed by atoms with Crippen molar-refractivity contribution in [1.82, 2.24) is 15.1 Å². The van der Waals surface area contributed by atoms with Gasteiger partial charge < -0.3 is 25.6 Å². The summed E-state index contributed by atoms with van der Waals surface area (Å²) in [5, 5.41) is 3.44. The molecule has 1 saturated heterocycles. The van der Waals surface area contributed by atoms with Crippen molar-refractivity contribution < 1.29 is 14.3 Å². The monoisotopic (exact) mass is 314 g/mol. The lowest BCUT2D eigenvalue weighted by atomic mass is 10.1. The highest BCUT2D eigenvalue weighted by molar-refractivity contribution is 5.72. The summed E-state index contributed by atoms with van der Waals surface area (Å²) in [6.07, 6.45) is 1.50. The van der Waals surface area contributed by atoms with Gasteiger partial charge in [-0.25, -0.2) is 9.59 Å². The average Bonchev–Trinajstić information content (AvgIpc) is 2.42. The number of amides is 3. The Labute approximate surface area is 133 Å². The van der Waals surface area contributed by atoms with Crippen LogP contribution in [0.1, 0.15) is 40.5 Å². The lowest BCUT2D eigenvalue weighted by Crippen LogP contribution is -2.48. The van der Waals surface area contributed by atoms with E-state index in [9.17, 15) is 9.59 Å². The normalized spacial score (nSPS) is 16.5. The fourth-order valence-corrected chi connectivity index (χ4v) is 2.41. The molecule has 1 fully saturated rings. The number of nitrogens with one attached hydrogen (secondary N) is 1. The van der Waals surface area contributed by atoms with E-state index in [0.29, 0.717) is 38.8 Å². The van der Waals surface area contributed by atoms with E-state index < -0.39 is 5.60 Å². The molecule has 1 heterocycles. The molecule has 1 rings (SSSR count). The van der Waals surface area contributed by atoms with Crippen LogP contribution in [0.15, 0.2) is 0 Å². The predicted octanol–water partition coefficient (Wildman–Crippen LogP) is 1.38. The zero-order valence-electron chi connectivity index (χ0n) is 14.2. The van der Waals surface area contributed by atoms with Gasteiger partial charge in [0.05, 0.1) is 0 Å². The van der Waals surface area contributed by atoms with Gasteiger partial charge in [0, 0.05) is 38.8 Å². The fourth-order valence-electron chi connectivity index (χ4n) is 2.41. The number of hydrogen-bond donors (Lipinski definition) is 2. The molecule has 0 aromatic carbocycles. The van der Waals surface area contributed by atoms with Crippen LogP contribution >= 0.6 is 0 Å². The van der Waals surface area contributed by atoms with Crippen LogP contribution in [0, 0.1) is 0 Å². The molecular formula is C15H30N4O3. The number of primary amides is 1. The number of ether oxygens (including phenoxy) is 1. The number of likely N-dealkylation sites (tertiary alicyclic amines) is 1. The Kier molecular flexibility index (Phi) is 6.93. The van der Waals surface area contributed by atoms with Crippen molar-refractivity contribution in [1.29, 1.82) is 0 Å². The van der Waals surface area contributed by atoms with Gasteiger partial charge in [0.2, 0.25) is 0 Å². The molecule has 0 aliphatic carbocycles. The second kappa shape index (κ2) is 8.22. The molecule has 7 nitrogen and oxygen atoms in total. The second-order valence-electron chi connectivity index (χ2n) is 6.61. The molecule has 0 aromatic heterocycles.